The highest BCUT2D eigenvalue weighted by Crippen LogP contribution is 2.41. The Labute approximate surface area is 229 Å². The summed E-state index contributed by atoms with van der Waals surface area (Å²) in [5.74, 6) is 1.42. The summed E-state index contributed by atoms with van der Waals surface area (Å²) >= 11 is 0. The van der Waals surface area contributed by atoms with Crippen molar-refractivity contribution < 1.29 is 14.6 Å². The number of nitrogen functional groups attached to an aromatic ring is 1. The normalized spacial score (nSPS) is 17.3. The molecule has 39 heavy (non-hydrogen) atoms. The number of rotatable bonds is 11. The van der Waals surface area contributed by atoms with Crippen LogP contribution in [0.4, 0.5) is 11.8 Å². The summed E-state index contributed by atoms with van der Waals surface area (Å²) in [6.45, 7) is 10.8. The first kappa shape index (κ1) is 27.1. The summed E-state index contributed by atoms with van der Waals surface area (Å²) in [5.41, 5.74) is 9.13. The Kier molecular flexibility index (Phi) is 7.64. The first-order chi connectivity index (χ1) is 18.8. The van der Waals surface area contributed by atoms with Crippen LogP contribution in [-0.2, 0) is 6.54 Å². The number of nitrogens with two attached hydrogens (primary N) is 1. The van der Waals surface area contributed by atoms with E-state index in [0.29, 0.717) is 41.7 Å². The molecule has 2 saturated heterocycles. The maximum Gasteiger partial charge on any atom is 0.254 e. The number of anilines is 2. The molecule has 4 heterocycles. The van der Waals surface area contributed by atoms with Crippen LogP contribution in [0.2, 0.25) is 0 Å². The maximum absolute atomic E-state index is 13.2. The molecule has 1 aromatic carbocycles. The monoisotopic (exact) mass is 536 g/mol. The van der Waals surface area contributed by atoms with Gasteiger partial charge in [-0.05, 0) is 38.8 Å². The molecule has 4 N–H and O–H groups in total. The Morgan fingerprint density at radius 3 is 2.64 bits per heavy atom. The fourth-order valence-corrected chi connectivity index (χ4v) is 5.86. The predicted molar refractivity (Wildman–Crippen MR) is 151 cm³/mol. The quantitative estimate of drug-likeness (QED) is 0.338. The second-order valence-electron chi connectivity index (χ2n) is 11.3. The molecule has 11 nitrogen and oxygen atoms in total. The first-order valence-electron chi connectivity index (χ1n) is 13.8. The van der Waals surface area contributed by atoms with Crippen LogP contribution in [0.15, 0.2) is 24.4 Å². The van der Waals surface area contributed by atoms with E-state index in [0.717, 1.165) is 50.1 Å². The zero-order valence-corrected chi connectivity index (χ0v) is 23.4. The summed E-state index contributed by atoms with van der Waals surface area (Å²) in [6.07, 6.45) is 4.13. The Hall–Kier alpha value is -3.44. The number of methoxy groups -OCH3 is 1. The Bertz CT molecular complexity index is 1320. The van der Waals surface area contributed by atoms with Crippen molar-refractivity contribution in [3.8, 4) is 5.75 Å². The fraction of sp³-hybridized carbons (Fsp3) is 0.571. The van der Waals surface area contributed by atoms with Gasteiger partial charge in [-0.2, -0.15) is 10.1 Å². The number of carbonyl (C=O) groups excluding carboxylic acids is 1. The third kappa shape index (κ3) is 5.38. The minimum absolute atomic E-state index is 0.0409. The lowest BCUT2D eigenvalue weighted by Crippen LogP contribution is -2.73. The number of amides is 1. The van der Waals surface area contributed by atoms with E-state index in [1.807, 2.05) is 27.8 Å². The second kappa shape index (κ2) is 11.0. The van der Waals surface area contributed by atoms with Crippen LogP contribution >= 0.6 is 0 Å². The molecular weight excluding hydrogens is 496 g/mol. The van der Waals surface area contributed by atoms with Gasteiger partial charge in [0, 0.05) is 61.4 Å². The lowest BCUT2D eigenvalue weighted by atomic mass is 9.72. The summed E-state index contributed by atoms with van der Waals surface area (Å²) < 4.78 is 7.52. The van der Waals surface area contributed by atoms with Crippen molar-refractivity contribution in [3.05, 3.63) is 35.5 Å². The molecule has 2 fully saturated rings. The van der Waals surface area contributed by atoms with Crippen LogP contribution in [0.1, 0.15) is 56.0 Å². The highest BCUT2D eigenvalue weighted by Gasteiger charge is 2.53. The van der Waals surface area contributed by atoms with Gasteiger partial charge in [0.05, 0.1) is 19.9 Å². The molecule has 2 aliphatic heterocycles. The van der Waals surface area contributed by atoms with E-state index < -0.39 is 0 Å². The predicted octanol–water partition coefficient (Wildman–Crippen LogP) is 2.59. The van der Waals surface area contributed by atoms with Crippen LogP contribution in [0.25, 0.3) is 11.0 Å². The zero-order chi connectivity index (χ0) is 27.7. The number of aliphatic hydroxyl groups excluding tert-OH is 1. The summed E-state index contributed by atoms with van der Waals surface area (Å²) in [4.78, 5) is 26.4. The minimum Gasteiger partial charge on any atom is -0.496 e. The van der Waals surface area contributed by atoms with Gasteiger partial charge in [0.25, 0.3) is 5.91 Å². The van der Waals surface area contributed by atoms with Crippen molar-refractivity contribution >= 4 is 28.7 Å². The highest BCUT2D eigenvalue weighted by atomic mass is 16.5. The van der Waals surface area contributed by atoms with Crippen molar-refractivity contribution in [2.24, 2.45) is 5.41 Å². The van der Waals surface area contributed by atoms with Crippen LogP contribution < -0.4 is 15.8 Å². The number of carbonyl (C=O) groups is 1. The molecule has 0 saturated carbocycles. The molecule has 1 spiro atoms. The van der Waals surface area contributed by atoms with Gasteiger partial charge in [0.15, 0.2) is 5.82 Å². The van der Waals surface area contributed by atoms with Gasteiger partial charge in [-0.1, -0.05) is 19.4 Å². The molecule has 5 rings (SSSR count). The number of nitrogens with one attached hydrogen (secondary N) is 1. The molecule has 1 atom stereocenters. The van der Waals surface area contributed by atoms with E-state index in [1.54, 1.807) is 13.3 Å². The van der Waals surface area contributed by atoms with Gasteiger partial charge >= 0.3 is 0 Å². The molecule has 0 unspecified atom stereocenters. The Balaban J connectivity index is 1.34. The van der Waals surface area contributed by atoms with E-state index in [9.17, 15) is 9.90 Å². The van der Waals surface area contributed by atoms with Crippen molar-refractivity contribution in [3.63, 3.8) is 0 Å². The zero-order valence-electron chi connectivity index (χ0n) is 23.4. The Morgan fingerprint density at radius 2 is 1.97 bits per heavy atom. The van der Waals surface area contributed by atoms with Crippen molar-refractivity contribution in [2.45, 2.75) is 58.7 Å². The lowest BCUT2D eigenvalue weighted by Gasteiger charge is -2.61. The van der Waals surface area contributed by atoms with Crippen LogP contribution in [0.5, 0.6) is 5.75 Å². The van der Waals surface area contributed by atoms with Gasteiger partial charge in [-0.3, -0.25) is 14.4 Å². The molecular formula is C28H40N8O3. The average Bonchev–Trinajstić information content (AvgIpc) is 3.25. The van der Waals surface area contributed by atoms with Crippen LogP contribution in [0.3, 0.4) is 0 Å². The number of nitrogens with zero attached hydrogens (tertiary/aromatic N) is 6. The van der Waals surface area contributed by atoms with Gasteiger partial charge in [0.2, 0.25) is 5.95 Å². The van der Waals surface area contributed by atoms with Crippen molar-refractivity contribution in [1.29, 1.82) is 0 Å². The standard InChI is InChI=1S/C28H40N8O3/c1-5-6-21(9-10-37)31-25-24-22(32-27(29)33-25)12-30-36(24)13-20-8-7-19(11-23(20)39-4)26(38)35-16-28(17-35)14-34(15-28)18(2)3/h7-8,11-12,18,21,37H,5-6,9-10,13-17H2,1-4H3,(H3,29,31,32,33)/t21-/m0/s1. The van der Waals surface area contributed by atoms with Gasteiger partial charge in [-0.25, -0.2) is 4.98 Å². The molecule has 0 aliphatic carbocycles. The lowest BCUT2D eigenvalue weighted by molar-refractivity contribution is -0.110. The molecule has 2 aliphatic rings. The molecule has 2 aromatic heterocycles. The number of hydrogen-bond acceptors (Lipinski definition) is 9. The topological polar surface area (TPSA) is 135 Å². The minimum atomic E-state index is 0.0409. The van der Waals surface area contributed by atoms with Gasteiger partial charge < -0.3 is 25.8 Å². The highest BCUT2D eigenvalue weighted by molar-refractivity contribution is 5.95. The maximum atomic E-state index is 13.2. The number of fused-ring (bicyclic) bond motifs is 1. The molecule has 3 aromatic rings. The molecule has 210 valence electrons. The van der Waals surface area contributed by atoms with E-state index in [2.05, 4.69) is 46.1 Å². The fourth-order valence-electron chi connectivity index (χ4n) is 5.86. The van der Waals surface area contributed by atoms with Gasteiger partial charge in [-0.15, -0.1) is 0 Å². The Morgan fingerprint density at radius 1 is 1.21 bits per heavy atom. The number of hydrogen-bond donors (Lipinski definition) is 3. The smallest absolute Gasteiger partial charge is 0.254 e. The number of aliphatic hydroxyl groups is 1. The summed E-state index contributed by atoms with van der Waals surface area (Å²) in [6, 6.07) is 6.22. The summed E-state index contributed by atoms with van der Waals surface area (Å²) in [7, 11) is 1.61. The molecule has 0 radical (unpaired) electrons. The van der Waals surface area contributed by atoms with Crippen LogP contribution in [0, 0.1) is 5.41 Å². The average molecular weight is 537 g/mol. The SMILES string of the molecule is CCC[C@@H](CCO)Nc1nc(N)nc2cnn(Cc3ccc(C(=O)N4CC5(C4)CN(C(C)C)C5)cc3OC)c12. The van der Waals surface area contributed by atoms with Crippen molar-refractivity contribution in [1.82, 2.24) is 29.5 Å². The largest absolute Gasteiger partial charge is 0.496 e. The van der Waals surface area contributed by atoms with E-state index in [1.165, 1.54) is 0 Å². The number of benzene rings is 1. The number of aromatic nitrogens is 4. The second-order valence-corrected chi connectivity index (χ2v) is 11.3. The number of likely N-dealkylation sites (tertiary alicyclic amines) is 2. The molecule has 11 heteroatoms. The third-order valence-electron chi connectivity index (χ3n) is 7.96. The van der Waals surface area contributed by atoms with Gasteiger partial charge in [0.1, 0.15) is 16.8 Å². The first-order valence-corrected chi connectivity index (χ1v) is 13.8. The molecule has 0 bridgehead atoms. The van der Waals surface area contributed by atoms with Crippen molar-refractivity contribution in [2.75, 3.05) is 50.9 Å². The number of ether oxygens (including phenoxy) is 1. The van der Waals surface area contributed by atoms with E-state index in [4.69, 9.17) is 10.5 Å². The molecule has 1 amide bonds. The van der Waals surface area contributed by atoms with E-state index >= 15 is 0 Å². The van der Waals surface area contributed by atoms with E-state index in [-0.39, 0.29) is 29.9 Å². The third-order valence-corrected chi connectivity index (χ3v) is 7.96. The summed E-state index contributed by atoms with van der Waals surface area (Å²) in [5, 5.41) is 17.5. The van der Waals surface area contributed by atoms with Crippen LogP contribution in [-0.4, -0.2) is 92.5 Å².